The third-order valence-electron chi connectivity index (χ3n) is 2.17. The van der Waals surface area contributed by atoms with Crippen molar-refractivity contribution in [1.82, 2.24) is 4.98 Å². The van der Waals surface area contributed by atoms with Crippen LogP contribution in [0.25, 0.3) is 0 Å². The van der Waals surface area contributed by atoms with Gasteiger partial charge in [0.05, 0.1) is 6.42 Å². The summed E-state index contributed by atoms with van der Waals surface area (Å²) in [4.78, 5) is 17.0. The lowest BCUT2D eigenvalue weighted by atomic mass is 9.96. The fraction of sp³-hybridized carbons (Fsp3) is 0.667. The van der Waals surface area contributed by atoms with Gasteiger partial charge in [-0.1, -0.05) is 27.7 Å². The molecule has 1 aromatic heterocycles. The van der Waals surface area contributed by atoms with Gasteiger partial charge in [0.25, 0.3) is 0 Å². The maximum Gasteiger partial charge on any atom is 0.139 e. The zero-order chi connectivity index (χ0) is 11.5. The molecule has 84 valence electrons. The van der Waals surface area contributed by atoms with Crippen LogP contribution in [-0.4, -0.2) is 10.8 Å². The molecule has 15 heavy (non-hydrogen) atoms. The van der Waals surface area contributed by atoms with E-state index in [4.69, 9.17) is 0 Å². The molecule has 0 saturated carbocycles. The van der Waals surface area contributed by atoms with Crippen molar-refractivity contribution in [3.63, 3.8) is 0 Å². The summed E-state index contributed by atoms with van der Waals surface area (Å²) in [5.74, 6) is 0.298. The summed E-state index contributed by atoms with van der Waals surface area (Å²) < 4.78 is 0. The highest BCUT2D eigenvalue weighted by Crippen LogP contribution is 2.27. The molecule has 0 amide bonds. The number of hydrogen-bond donors (Lipinski definition) is 0. The van der Waals surface area contributed by atoms with Crippen molar-refractivity contribution in [2.75, 3.05) is 0 Å². The Hall–Kier alpha value is -0.700. The van der Waals surface area contributed by atoms with Crippen LogP contribution in [-0.2, 0) is 16.6 Å². The molecule has 0 aliphatic rings. The summed E-state index contributed by atoms with van der Waals surface area (Å²) in [6.07, 6.45) is 4.01. The van der Waals surface area contributed by atoms with E-state index in [1.807, 2.05) is 13.1 Å². The Kier molecular flexibility index (Phi) is 4.03. The molecule has 0 saturated heterocycles. The van der Waals surface area contributed by atoms with Crippen LogP contribution in [0.15, 0.2) is 6.20 Å². The molecule has 0 unspecified atom stereocenters. The molecule has 1 heterocycles. The van der Waals surface area contributed by atoms with Gasteiger partial charge in [-0.05, 0) is 11.8 Å². The van der Waals surface area contributed by atoms with E-state index in [0.29, 0.717) is 18.6 Å². The van der Waals surface area contributed by atoms with Gasteiger partial charge >= 0.3 is 0 Å². The summed E-state index contributed by atoms with van der Waals surface area (Å²) in [7, 11) is 0. The molecule has 1 rings (SSSR count). The fourth-order valence-corrected chi connectivity index (χ4v) is 2.28. The highest BCUT2D eigenvalue weighted by atomic mass is 32.1. The first-order valence-electron chi connectivity index (χ1n) is 5.40. The third kappa shape index (κ3) is 3.74. The fourth-order valence-electron chi connectivity index (χ4n) is 1.27. The number of hydrogen-bond acceptors (Lipinski definition) is 3. The van der Waals surface area contributed by atoms with Crippen LogP contribution in [0, 0.1) is 0 Å². The summed E-state index contributed by atoms with van der Waals surface area (Å²) in [6, 6.07) is 0. The minimum Gasteiger partial charge on any atom is -0.299 e. The van der Waals surface area contributed by atoms with Gasteiger partial charge in [-0.15, -0.1) is 11.3 Å². The maximum atomic E-state index is 11.4. The number of carbonyl (C=O) groups is 1. The molecule has 0 aliphatic heterocycles. The molecule has 0 bridgehead atoms. The molecule has 0 aliphatic carbocycles. The van der Waals surface area contributed by atoms with Gasteiger partial charge < -0.3 is 0 Å². The minimum atomic E-state index is 0.143. The molecule has 0 radical (unpaired) electrons. The van der Waals surface area contributed by atoms with Crippen molar-refractivity contribution in [3.8, 4) is 0 Å². The first kappa shape index (κ1) is 12.4. The smallest absolute Gasteiger partial charge is 0.139 e. The van der Waals surface area contributed by atoms with E-state index >= 15 is 0 Å². The summed E-state index contributed by atoms with van der Waals surface area (Å²) in [5, 5.41) is 0.957. The maximum absolute atomic E-state index is 11.4. The Morgan fingerprint density at radius 1 is 1.47 bits per heavy atom. The highest BCUT2D eigenvalue weighted by Gasteiger charge is 2.17. The van der Waals surface area contributed by atoms with Gasteiger partial charge in [0, 0.05) is 17.5 Å². The predicted molar refractivity (Wildman–Crippen MR) is 64.4 cm³/mol. The molecule has 0 atom stereocenters. The highest BCUT2D eigenvalue weighted by molar-refractivity contribution is 7.11. The SMILES string of the molecule is CCCC(=O)Cc1ncc(C(C)(C)C)s1. The first-order chi connectivity index (χ1) is 6.93. The van der Waals surface area contributed by atoms with Crippen LogP contribution >= 0.6 is 11.3 Å². The van der Waals surface area contributed by atoms with Crippen molar-refractivity contribution in [3.05, 3.63) is 16.1 Å². The van der Waals surface area contributed by atoms with Crippen LogP contribution in [0.4, 0.5) is 0 Å². The van der Waals surface area contributed by atoms with Crippen molar-refractivity contribution in [2.24, 2.45) is 0 Å². The van der Waals surface area contributed by atoms with Crippen molar-refractivity contribution < 1.29 is 4.79 Å². The van der Waals surface area contributed by atoms with Gasteiger partial charge in [-0.25, -0.2) is 4.98 Å². The molecule has 0 aromatic carbocycles. The van der Waals surface area contributed by atoms with E-state index in [1.54, 1.807) is 11.3 Å². The summed E-state index contributed by atoms with van der Waals surface area (Å²) in [6.45, 7) is 8.52. The van der Waals surface area contributed by atoms with Crippen LogP contribution in [0.2, 0.25) is 0 Å². The number of thiazole rings is 1. The lowest BCUT2D eigenvalue weighted by Crippen LogP contribution is -2.07. The van der Waals surface area contributed by atoms with E-state index in [-0.39, 0.29) is 5.41 Å². The van der Waals surface area contributed by atoms with E-state index in [1.165, 1.54) is 4.88 Å². The average Bonchev–Trinajstić information content (AvgIpc) is 2.52. The summed E-state index contributed by atoms with van der Waals surface area (Å²) in [5.41, 5.74) is 0.143. The standard InChI is InChI=1S/C12H19NOS/c1-5-6-9(14)7-11-13-8-10(15-11)12(2,3)4/h8H,5-7H2,1-4H3. The van der Waals surface area contributed by atoms with Gasteiger partial charge in [-0.3, -0.25) is 4.79 Å². The second kappa shape index (κ2) is 4.88. The molecule has 2 nitrogen and oxygen atoms in total. The Balaban J connectivity index is 2.65. The van der Waals surface area contributed by atoms with E-state index < -0.39 is 0 Å². The summed E-state index contributed by atoms with van der Waals surface area (Å²) >= 11 is 1.66. The molecule has 0 fully saturated rings. The Labute approximate surface area is 95.7 Å². The van der Waals surface area contributed by atoms with E-state index in [9.17, 15) is 4.79 Å². The number of carbonyl (C=O) groups excluding carboxylic acids is 1. The quantitative estimate of drug-likeness (QED) is 0.786. The van der Waals surface area contributed by atoms with Crippen LogP contribution in [0.5, 0.6) is 0 Å². The lowest BCUT2D eigenvalue weighted by molar-refractivity contribution is -0.118. The number of ketones is 1. The molecule has 0 spiro atoms. The number of Topliss-reactive ketones (excluding diaryl/α,β-unsaturated/α-hetero) is 1. The van der Waals surface area contributed by atoms with Gasteiger partial charge in [0.1, 0.15) is 10.8 Å². The minimum absolute atomic E-state index is 0.143. The number of rotatable bonds is 4. The van der Waals surface area contributed by atoms with Crippen molar-refractivity contribution in [1.29, 1.82) is 0 Å². The van der Waals surface area contributed by atoms with Crippen LogP contribution in [0.3, 0.4) is 0 Å². The number of aromatic nitrogens is 1. The van der Waals surface area contributed by atoms with E-state index in [2.05, 4.69) is 25.8 Å². The number of nitrogens with zero attached hydrogens (tertiary/aromatic N) is 1. The Morgan fingerprint density at radius 3 is 2.60 bits per heavy atom. The zero-order valence-corrected chi connectivity index (χ0v) is 10.8. The molecular formula is C12H19NOS. The zero-order valence-electron chi connectivity index (χ0n) is 9.96. The molecule has 0 N–H and O–H groups in total. The predicted octanol–water partition coefficient (Wildman–Crippen LogP) is 3.35. The second-order valence-electron chi connectivity index (χ2n) is 4.83. The van der Waals surface area contributed by atoms with Crippen LogP contribution < -0.4 is 0 Å². The van der Waals surface area contributed by atoms with Crippen LogP contribution in [0.1, 0.15) is 50.4 Å². The van der Waals surface area contributed by atoms with Gasteiger partial charge in [0.15, 0.2) is 0 Å². The molecule has 3 heteroatoms. The largest absolute Gasteiger partial charge is 0.299 e. The topological polar surface area (TPSA) is 30.0 Å². The lowest BCUT2D eigenvalue weighted by Gasteiger charge is -2.14. The Bertz CT molecular complexity index is 336. The average molecular weight is 225 g/mol. The molecule has 1 aromatic rings. The van der Waals surface area contributed by atoms with Crippen molar-refractivity contribution in [2.45, 2.75) is 52.4 Å². The normalized spacial score (nSPS) is 11.7. The second-order valence-corrected chi connectivity index (χ2v) is 5.95. The van der Waals surface area contributed by atoms with Crippen molar-refractivity contribution >= 4 is 17.1 Å². The first-order valence-corrected chi connectivity index (χ1v) is 6.22. The third-order valence-corrected chi connectivity index (χ3v) is 3.59. The monoisotopic (exact) mass is 225 g/mol. The molecular weight excluding hydrogens is 206 g/mol. The Morgan fingerprint density at radius 2 is 2.13 bits per heavy atom. The van der Waals surface area contributed by atoms with Gasteiger partial charge in [-0.2, -0.15) is 0 Å². The van der Waals surface area contributed by atoms with Gasteiger partial charge in [0.2, 0.25) is 0 Å². The van der Waals surface area contributed by atoms with E-state index in [0.717, 1.165) is 11.4 Å².